The number of carbonyl (C=O) groups excluding carboxylic acids is 2. The second kappa shape index (κ2) is 6.96. The highest BCUT2D eigenvalue weighted by Gasteiger charge is 2.34. The highest BCUT2D eigenvalue weighted by molar-refractivity contribution is 5.82. The number of aromatic nitrogens is 2. The molecule has 1 aromatic heterocycles. The third kappa shape index (κ3) is 3.48. The van der Waals surface area contributed by atoms with Crippen LogP contribution < -0.4 is 10.1 Å². The molecule has 2 amide bonds. The standard InChI is InChI=1S/C21H24N4O3/c26-20(22-15-5-6-15)8-7-16-12-17-13-24(9-10-25(17)23-16)21(27)19-11-14-3-1-2-4-18(14)28-19/h1-4,12,15,19H,5-11,13H2,(H,22,26). The molecule has 3 heterocycles. The molecule has 3 aliphatic rings. The molecule has 1 aromatic carbocycles. The van der Waals surface area contributed by atoms with Gasteiger partial charge in [0.1, 0.15) is 5.75 Å². The van der Waals surface area contributed by atoms with E-state index in [9.17, 15) is 9.59 Å². The van der Waals surface area contributed by atoms with Gasteiger partial charge in [0.25, 0.3) is 5.91 Å². The van der Waals surface area contributed by atoms with Crippen LogP contribution in [0.5, 0.6) is 5.75 Å². The molecule has 0 saturated heterocycles. The summed E-state index contributed by atoms with van der Waals surface area (Å²) in [7, 11) is 0. The number of carbonyl (C=O) groups is 2. The lowest BCUT2D eigenvalue weighted by Gasteiger charge is -2.29. The van der Waals surface area contributed by atoms with Gasteiger partial charge in [-0.15, -0.1) is 0 Å². The highest BCUT2D eigenvalue weighted by atomic mass is 16.5. The summed E-state index contributed by atoms with van der Waals surface area (Å²) in [4.78, 5) is 26.7. The highest BCUT2D eigenvalue weighted by Crippen LogP contribution is 2.29. The van der Waals surface area contributed by atoms with Gasteiger partial charge in [-0.05, 0) is 30.5 Å². The number of rotatable bonds is 5. The van der Waals surface area contributed by atoms with E-state index in [1.54, 1.807) is 0 Å². The van der Waals surface area contributed by atoms with Crippen molar-refractivity contribution in [3.8, 4) is 5.75 Å². The lowest BCUT2D eigenvalue weighted by Crippen LogP contribution is -2.45. The molecule has 1 saturated carbocycles. The summed E-state index contributed by atoms with van der Waals surface area (Å²) in [5.74, 6) is 0.951. The zero-order valence-electron chi connectivity index (χ0n) is 15.8. The average molecular weight is 380 g/mol. The molecular formula is C21H24N4O3. The first-order chi connectivity index (χ1) is 13.7. The molecule has 7 nitrogen and oxygen atoms in total. The van der Waals surface area contributed by atoms with E-state index in [4.69, 9.17) is 4.74 Å². The largest absolute Gasteiger partial charge is 0.480 e. The first-order valence-corrected chi connectivity index (χ1v) is 10.0. The van der Waals surface area contributed by atoms with Gasteiger partial charge in [0.2, 0.25) is 5.91 Å². The fraction of sp³-hybridized carbons (Fsp3) is 0.476. The van der Waals surface area contributed by atoms with E-state index < -0.39 is 6.10 Å². The Morgan fingerprint density at radius 2 is 2.07 bits per heavy atom. The lowest BCUT2D eigenvalue weighted by atomic mass is 10.1. The van der Waals surface area contributed by atoms with Crippen LogP contribution in [0.15, 0.2) is 30.3 Å². The Balaban J connectivity index is 1.19. The van der Waals surface area contributed by atoms with Gasteiger partial charge >= 0.3 is 0 Å². The van der Waals surface area contributed by atoms with Crippen LogP contribution >= 0.6 is 0 Å². The van der Waals surface area contributed by atoms with Gasteiger partial charge in [-0.3, -0.25) is 14.3 Å². The summed E-state index contributed by atoms with van der Waals surface area (Å²) in [5, 5.41) is 7.62. The molecule has 146 valence electrons. The quantitative estimate of drug-likeness (QED) is 0.852. The predicted molar refractivity (Wildman–Crippen MR) is 102 cm³/mol. The summed E-state index contributed by atoms with van der Waals surface area (Å²) in [5.41, 5.74) is 3.03. The molecule has 1 N–H and O–H groups in total. The van der Waals surface area contributed by atoms with Gasteiger partial charge in [0, 0.05) is 31.8 Å². The number of hydrogen-bond donors (Lipinski definition) is 1. The monoisotopic (exact) mass is 380 g/mol. The van der Waals surface area contributed by atoms with Gasteiger partial charge in [-0.1, -0.05) is 18.2 Å². The molecule has 2 aromatic rings. The van der Waals surface area contributed by atoms with Crippen LogP contribution in [0.1, 0.15) is 36.2 Å². The number of benzene rings is 1. The number of aryl methyl sites for hydroxylation is 1. The van der Waals surface area contributed by atoms with E-state index in [1.165, 1.54) is 0 Å². The Kier molecular flexibility index (Phi) is 4.30. The van der Waals surface area contributed by atoms with Gasteiger partial charge in [0.15, 0.2) is 6.10 Å². The molecule has 1 unspecified atom stereocenters. The van der Waals surface area contributed by atoms with Gasteiger partial charge < -0.3 is 15.0 Å². The van der Waals surface area contributed by atoms with Crippen LogP contribution in [0.2, 0.25) is 0 Å². The summed E-state index contributed by atoms with van der Waals surface area (Å²) in [6.45, 7) is 1.84. The van der Waals surface area contributed by atoms with E-state index in [-0.39, 0.29) is 11.8 Å². The second-order valence-electron chi connectivity index (χ2n) is 7.87. The van der Waals surface area contributed by atoms with Crippen LogP contribution in [0.4, 0.5) is 0 Å². The molecule has 7 heteroatoms. The van der Waals surface area contributed by atoms with E-state index >= 15 is 0 Å². The molecule has 1 fully saturated rings. The van der Waals surface area contributed by atoms with E-state index in [2.05, 4.69) is 10.4 Å². The Morgan fingerprint density at radius 1 is 1.21 bits per heavy atom. The SMILES string of the molecule is O=C(CCc1cc2n(n1)CCN(C(=O)C1Cc3ccccc3O1)C2)NC1CC1. The van der Waals surface area contributed by atoms with Crippen molar-refractivity contribution in [2.75, 3.05) is 6.54 Å². The topological polar surface area (TPSA) is 76.5 Å². The van der Waals surface area contributed by atoms with Crippen molar-refractivity contribution >= 4 is 11.8 Å². The second-order valence-corrected chi connectivity index (χ2v) is 7.87. The molecule has 0 bridgehead atoms. The number of fused-ring (bicyclic) bond motifs is 2. The third-order valence-corrected chi connectivity index (χ3v) is 5.63. The van der Waals surface area contributed by atoms with Crippen molar-refractivity contribution in [1.29, 1.82) is 0 Å². The minimum atomic E-state index is -0.433. The maximum absolute atomic E-state index is 12.9. The Bertz CT molecular complexity index is 893. The zero-order chi connectivity index (χ0) is 19.1. The van der Waals surface area contributed by atoms with Crippen molar-refractivity contribution in [1.82, 2.24) is 20.0 Å². The number of hydrogen-bond acceptors (Lipinski definition) is 4. The van der Waals surface area contributed by atoms with Crippen molar-refractivity contribution in [3.63, 3.8) is 0 Å². The molecule has 28 heavy (non-hydrogen) atoms. The molecule has 1 atom stereocenters. The van der Waals surface area contributed by atoms with Crippen LogP contribution in [0.25, 0.3) is 0 Å². The zero-order valence-corrected chi connectivity index (χ0v) is 15.8. The summed E-state index contributed by atoms with van der Waals surface area (Å²) < 4.78 is 7.82. The molecule has 0 spiro atoms. The van der Waals surface area contributed by atoms with Crippen molar-refractivity contribution in [2.24, 2.45) is 0 Å². The van der Waals surface area contributed by atoms with Crippen LogP contribution in [-0.2, 0) is 35.5 Å². The van der Waals surface area contributed by atoms with Crippen LogP contribution in [0.3, 0.4) is 0 Å². The first kappa shape index (κ1) is 17.3. The Hall–Kier alpha value is -2.83. The fourth-order valence-corrected chi connectivity index (χ4v) is 3.93. The number of nitrogens with one attached hydrogen (secondary N) is 1. The number of para-hydroxylation sites is 1. The summed E-state index contributed by atoms with van der Waals surface area (Å²) >= 11 is 0. The van der Waals surface area contributed by atoms with Crippen molar-refractivity contribution in [3.05, 3.63) is 47.3 Å². The molecule has 0 radical (unpaired) electrons. The number of nitrogens with zero attached hydrogens (tertiary/aromatic N) is 3. The van der Waals surface area contributed by atoms with Crippen molar-refractivity contribution < 1.29 is 14.3 Å². The molecular weight excluding hydrogens is 356 g/mol. The number of amides is 2. The van der Waals surface area contributed by atoms with Gasteiger partial charge in [-0.25, -0.2) is 0 Å². The average Bonchev–Trinajstić information content (AvgIpc) is 3.26. The summed E-state index contributed by atoms with van der Waals surface area (Å²) in [6, 6.07) is 10.2. The summed E-state index contributed by atoms with van der Waals surface area (Å²) in [6.07, 6.45) is 3.50. The number of ether oxygens (including phenoxy) is 1. The fourth-order valence-electron chi connectivity index (χ4n) is 3.93. The van der Waals surface area contributed by atoms with Crippen LogP contribution in [-0.4, -0.2) is 45.2 Å². The predicted octanol–water partition coefficient (Wildman–Crippen LogP) is 1.44. The third-order valence-electron chi connectivity index (χ3n) is 5.63. The van der Waals surface area contributed by atoms with Crippen LogP contribution in [0, 0.1) is 0 Å². The Labute approximate surface area is 163 Å². The molecule has 5 rings (SSSR count). The smallest absolute Gasteiger partial charge is 0.264 e. The van der Waals surface area contributed by atoms with Gasteiger partial charge in [0.05, 0.1) is 24.5 Å². The molecule has 1 aliphatic carbocycles. The Morgan fingerprint density at radius 3 is 2.89 bits per heavy atom. The normalized spacial score (nSPS) is 20.3. The maximum Gasteiger partial charge on any atom is 0.264 e. The van der Waals surface area contributed by atoms with Crippen molar-refractivity contribution in [2.45, 2.75) is 57.3 Å². The minimum absolute atomic E-state index is 0.0361. The minimum Gasteiger partial charge on any atom is -0.480 e. The lowest BCUT2D eigenvalue weighted by molar-refractivity contribution is -0.139. The first-order valence-electron chi connectivity index (χ1n) is 10.0. The van der Waals surface area contributed by atoms with E-state index in [0.717, 1.165) is 35.5 Å². The van der Waals surface area contributed by atoms with E-state index in [0.29, 0.717) is 44.9 Å². The van der Waals surface area contributed by atoms with Gasteiger partial charge in [-0.2, -0.15) is 5.10 Å². The van der Waals surface area contributed by atoms with E-state index in [1.807, 2.05) is 39.9 Å². The molecule has 2 aliphatic heterocycles. The maximum atomic E-state index is 12.9.